The van der Waals surface area contributed by atoms with Crippen molar-refractivity contribution in [3.05, 3.63) is 53.6 Å². The molecule has 0 heterocycles. The zero-order valence-corrected chi connectivity index (χ0v) is 13.5. The SMILES string of the molecule is CNC(=O)c1ccc(OC)c(NC(=O)c2ccccc2OC(F)F)c1. The standard InChI is InChI=1S/C17H16F2N2O4/c1-20-15(22)10-7-8-14(24-2)12(9-10)21-16(23)11-5-3-4-6-13(11)25-17(18)19/h3-9,17H,1-2H3,(H,20,22)(H,21,23). The van der Waals surface area contributed by atoms with Crippen molar-refractivity contribution in [1.82, 2.24) is 5.32 Å². The first kappa shape index (κ1) is 18.2. The number of rotatable bonds is 6. The number of hydrogen-bond donors (Lipinski definition) is 2. The third-order valence-corrected chi connectivity index (χ3v) is 3.28. The topological polar surface area (TPSA) is 76.7 Å². The average Bonchev–Trinajstić information content (AvgIpc) is 2.60. The highest BCUT2D eigenvalue weighted by Gasteiger charge is 2.17. The van der Waals surface area contributed by atoms with Gasteiger partial charge in [-0.15, -0.1) is 0 Å². The van der Waals surface area contributed by atoms with Crippen molar-refractivity contribution in [3.8, 4) is 11.5 Å². The highest BCUT2D eigenvalue weighted by atomic mass is 19.3. The summed E-state index contributed by atoms with van der Waals surface area (Å²) in [6.07, 6.45) is 0. The van der Waals surface area contributed by atoms with E-state index in [1.807, 2.05) is 0 Å². The van der Waals surface area contributed by atoms with Crippen LogP contribution in [0.3, 0.4) is 0 Å². The van der Waals surface area contributed by atoms with Crippen molar-refractivity contribution in [3.63, 3.8) is 0 Å². The number of ether oxygens (including phenoxy) is 2. The summed E-state index contributed by atoms with van der Waals surface area (Å²) in [4.78, 5) is 24.2. The van der Waals surface area contributed by atoms with Crippen LogP contribution in [0, 0.1) is 0 Å². The maximum atomic E-state index is 12.5. The maximum absolute atomic E-state index is 12.5. The number of para-hydroxylation sites is 1. The van der Waals surface area contributed by atoms with Gasteiger partial charge in [-0.2, -0.15) is 8.78 Å². The summed E-state index contributed by atoms with van der Waals surface area (Å²) in [6.45, 7) is -3.06. The van der Waals surface area contributed by atoms with E-state index in [9.17, 15) is 18.4 Å². The van der Waals surface area contributed by atoms with Gasteiger partial charge in [-0.1, -0.05) is 12.1 Å². The Balaban J connectivity index is 2.33. The van der Waals surface area contributed by atoms with E-state index < -0.39 is 12.5 Å². The van der Waals surface area contributed by atoms with Crippen LogP contribution in [0.1, 0.15) is 20.7 Å². The molecule has 2 aromatic rings. The zero-order chi connectivity index (χ0) is 18.4. The molecule has 0 fully saturated rings. The zero-order valence-electron chi connectivity index (χ0n) is 13.5. The molecule has 132 valence electrons. The minimum atomic E-state index is -3.06. The molecule has 0 bridgehead atoms. The summed E-state index contributed by atoms with van der Waals surface area (Å²) in [7, 11) is 2.88. The van der Waals surface area contributed by atoms with E-state index in [1.165, 1.54) is 56.6 Å². The molecule has 0 spiro atoms. The number of carbonyl (C=O) groups is 2. The molecule has 2 aromatic carbocycles. The molecule has 0 aromatic heterocycles. The van der Waals surface area contributed by atoms with Crippen molar-refractivity contribution in [1.29, 1.82) is 0 Å². The summed E-state index contributed by atoms with van der Waals surface area (Å²) < 4.78 is 34.4. The molecule has 2 N–H and O–H groups in total. The number of alkyl halides is 2. The van der Waals surface area contributed by atoms with Crippen LogP contribution >= 0.6 is 0 Å². The third-order valence-electron chi connectivity index (χ3n) is 3.28. The van der Waals surface area contributed by atoms with Crippen LogP contribution in [-0.4, -0.2) is 32.6 Å². The second-order valence-electron chi connectivity index (χ2n) is 4.82. The van der Waals surface area contributed by atoms with Gasteiger partial charge >= 0.3 is 6.61 Å². The average molecular weight is 350 g/mol. The van der Waals surface area contributed by atoms with Crippen molar-refractivity contribution < 1.29 is 27.8 Å². The second-order valence-corrected chi connectivity index (χ2v) is 4.82. The van der Waals surface area contributed by atoms with Crippen LogP contribution < -0.4 is 20.1 Å². The molecule has 0 atom stereocenters. The van der Waals surface area contributed by atoms with Crippen LogP contribution in [-0.2, 0) is 0 Å². The number of carbonyl (C=O) groups excluding carboxylic acids is 2. The van der Waals surface area contributed by atoms with E-state index in [0.717, 1.165) is 0 Å². The van der Waals surface area contributed by atoms with E-state index in [2.05, 4.69) is 15.4 Å². The molecule has 0 unspecified atom stereocenters. The fourth-order valence-corrected chi connectivity index (χ4v) is 2.13. The molecule has 0 aliphatic rings. The van der Waals surface area contributed by atoms with Crippen molar-refractivity contribution in [2.24, 2.45) is 0 Å². The third kappa shape index (κ3) is 4.43. The Morgan fingerprint density at radius 2 is 1.76 bits per heavy atom. The lowest BCUT2D eigenvalue weighted by Gasteiger charge is -2.14. The van der Waals surface area contributed by atoms with Crippen LogP contribution in [0.25, 0.3) is 0 Å². The van der Waals surface area contributed by atoms with Crippen LogP contribution in [0.4, 0.5) is 14.5 Å². The van der Waals surface area contributed by atoms with Gasteiger partial charge in [-0.3, -0.25) is 9.59 Å². The Hall–Kier alpha value is -3.16. The minimum absolute atomic E-state index is 0.0739. The number of benzene rings is 2. The molecule has 0 aliphatic heterocycles. The van der Waals surface area contributed by atoms with Crippen molar-refractivity contribution in [2.75, 3.05) is 19.5 Å². The number of halogens is 2. The van der Waals surface area contributed by atoms with E-state index in [1.54, 1.807) is 0 Å². The number of hydrogen-bond acceptors (Lipinski definition) is 4. The fraction of sp³-hybridized carbons (Fsp3) is 0.176. The molecule has 8 heteroatoms. The molecule has 2 amide bonds. The lowest BCUT2D eigenvalue weighted by molar-refractivity contribution is -0.0501. The summed E-state index contributed by atoms with van der Waals surface area (Å²) >= 11 is 0. The molecule has 6 nitrogen and oxygen atoms in total. The Bertz CT molecular complexity index is 781. The largest absolute Gasteiger partial charge is 0.495 e. The summed E-state index contributed by atoms with van der Waals surface area (Å²) in [5, 5.41) is 5.01. The highest BCUT2D eigenvalue weighted by molar-refractivity contribution is 6.07. The minimum Gasteiger partial charge on any atom is -0.495 e. The predicted molar refractivity (Wildman–Crippen MR) is 87.4 cm³/mol. The maximum Gasteiger partial charge on any atom is 0.387 e. The Morgan fingerprint density at radius 3 is 2.40 bits per heavy atom. The number of anilines is 1. The molecule has 2 rings (SSSR count). The lowest BCUT2D eigenvalue weighted by atomic mass is 10.1. The molecule has 0 aliphatic carbocycles. The molecular formula is C17H16F2N2O4. The first-order chi connectivity index (χ1) is 12.0. The first-order valence-electron chi connectivity index (χ1n) is 7.21. The van der Waals surface area contributed by atoms with Gasteiger partial charge in [0.1, 0.15) is 11.5 Å². The first-order valence-corrected chi connectivity index (χ1v) is 7.21. The van der Waals surface area contributed by atoms with Crippen molar-refractivity contribution in [2.45, 2.75) is 6.61 Å². The van der Waals surface area contributed by atoms with Crippen LogP contribution in [0.2, 0.25) is 0 Å². The molecular weight excluding hydrogens is 334 g/mol. The van der Waals surface area contributed by atoms with Gasteiger partial charge < -0.3 is 20.1 Å². The van der Waals surface area contributed by atoms with E-state index in [4.69, 9.17) is 4.74 Å². The smallest absolute Gasteiger partial charge is 0.387 e. The van der Waals surface area contributed by atoms with Gasteiger partial charge in [0.15, 0.2) is 0 Å². The quantitative estimate of drug-likeness (QED) is 0.840. The van der Waals surface area contributed by atoms with E-state index >= 15 is 0 Å². The van der Waals surface area contributed by atoms with Gasteiger partial charge in [0.05, 0.1) is 18.4 Å². The van der Waals surface area contributed by atoms with Gasteiger partial charge in [-0.05, 0) is 30.3 Å². The Kier molecular flexibility index (Phi) is 5.89. The van der Waals surface area contributed by atoms with Gasteiger partial charge in [0, 0.05) is 12.6 Å². The highest BCUT2D eigenvalue weighted by Crippen LogP contribution is 2.28. The molecule has 25 heavy (non-hydrogen) atoms. The van der Waals surface area contributed by atoms with E-state index in [-0.39, 0.29) is 22.9 Å². The number of amides is 2. The van der Waals surface area contributed by atoms with E-state index in [0.29, 0.717) is 11.3 Å². The summed E-state index contributed by atoms with van der Waals surface area (Å²) in [5.74, 6) is -0.965. The van der Waals surface area contributed by atoms with Gasteiger partial charge in [-0.25, -0.2) is 0 Å². The summed E-state index contributed by atoms with van der Waals surface area (Å²) in [6, 6.07) is 10.1. The van der Waals surface area contributed by atoms with Crippen LogP contribution in [0.5, 0.6) is 11.5 Å². The second kappa shape index (κ2) is 8.09. The Labute approximate surface area is 142 Å². The monoisotopic (exact) mass is 350 g/mol. The van der Waals surface area contributed by atoms with Gasteiger partial charge in [0.25, 0.3) is 11.8 Å². The molecule has 0 saturated heterocycles. The van der Waals surface area contributed by atoms with Crippen LogP contribution in [0.15, 0.2) is 42.5 Å². The predicted octanol–water partition coefficient (Wildman–Crippen LogP) is 2.91. The van der Waals surface area contributed by atoms with Crippen molar-refractivity contribution >= 4 is 17.5 Å². The normalized spacial score (nSPS) is 10.3. The molecule has 0 saturated carbocycles. The molecule has 0 radical (unpaired) electrons. The van der Waals surface area contributed by atoms with Gasteiger partial charge in [0.2, 0.25) is 0 Å². The fourth-order valence-electron chi connectivity index (χ4n) is 2.13. The number of nitrogens with one attached hydrogen (secondary N) is 2. The summed E-state index contributed by atoms with van der Waals surface area (Å²) in [5.41, 5.74) is 0.450. The number of methoxy groups -OCH3 is 1. The Morgan fingerprint density at radius 1 is 1.04 bits per heavy atom. The lowest BCUT2D eigenvalue weighted by Crippen LogP contribution is -2.19.